The molecule has 0 radical (unpaired) electrons. The fourth-order valence-corrected chi connectivity index (χ4v) is 3.71. The third kappa shape index (κ3) is 5.34. The molecule has 1 aromatic heterocycles. The highest BCUT2D eigenvalue weighted by atomic mass is 32.1. The standard InChI is InChI=1S/C23H28N4OS/c1-25(15-8-16-28-21-11-6-3-7-12-21)18-27-23(29)26(22(24-27)20-13-14-20)17-19-9-4-2-5-10-19/h2-7,9-12,20H,8,13-18H2,1H3. The highest BCUT2D eigenvalue weighted by molar-refractivity contribution is 7.71. The second kappa shape index (κ2) is 9.37. The van der Waals surface area contributed by atoms with Gasteiger partial charge in [-0.15, -0.1) is 0 Å². The summed E-state index contributed by atoms with van der Waals surface area (Å²) in [5.41, 5.74) is 1.26. The van der Waals surface area contributed by atoms with E-state index in [-0.39, 0.29) is 0 Å². The van der Waals surface area contributed by atoms with Gasteiger partial charge in [0, 0.05) is 12.5 Å². The van der Waals surface area contributed by atoms with E-state index in [0.717, 1.165) is 35.9 Å². The van der Waals surface area contributed by atoms with E-state index in [1.165, 1.54) is 18.4 Å². The Hall–Kier alpha value is -2.44. The Bertz CT molecular complexity index is 964. The van der Waals surface area contributed by atoms with E-state index in [4.69, 9.17) is 22.1 Å². The van der Waals surface area contributed by atoms with Crippen molar-refractivity contribution in [3.63, 3.8) is 0 Å². The van der Waals surface area contributed by atoms with Gasteiger partial charge in [-0.3, -0.25) is 9.47 Å². The Labute approximate surface area is 177 Å². The predicted octanol–water partition coefficient (Wildman–Crippen LogP) is 4.70. The van der Waals surface area contributed by atoms with Gasteiger partial charge < -0.3 is 4.74 Å². The van der Waals surface area contributed by atoms with Crippen molar-refractivity contribution < 1.29 is 4.74 Å². The van der Waals surface area contributed by atoms with E-state index in [2.05, 4.69) is 40.8 Å². The lowest BCUT2D eigenvalue weighted by Crippen LogP contribution is -2.25. The average Bonchev–Trinajstić information content (AvgIpc) is 3.55. The van der Waals surface area contributed by atoms with Gasteiger partial charge in [-0.2, -0.15) is 5.10 Å². The molecule has 0 saturated heterocycles. The number of nitrogens with zero attached hydrogens (tertiary/aromatic N) is 4. The first-order valence-corrected chi connectivity index (χ1v) is 10.7. The third-order valence-electron chi connectivity index (χ3n) is 5.15. The van der Waals surface area contributed by atoms with Crippen LogP contribution in [0.4, 0.5) is 0 Å². The van der Waals surface area contributed by atoms with Crippen LogP contribution in [0, 0.1) is 4.77 Å². The van der Waals surface area contributed by atoms with Gasteiger partial charge in [0.2, 0.25) is 0 Å². The van der Waals surface area contributed by atoms with Gasteiger partial charge in [0.05, 0.1) is 19.8 Å². The summed E-state index contributed by atoms with van der Waals surface area (Å²) in [7, 11) is 2.11. The molecule has 1 heterocycles. The third-order valence-corrected chi connectivity index (χ3v) is 5.58. The van der Waals surface area contributed by atoms with Crippen LogP contribution in [0.15, 0.2) is 60.7 Å². The van der Waals surface area contributed by atoms with Crippen LogP contribution in [0.5, 0.6) is 5.75 Å². The lowest BCUT2D eigenvalue weighted by Gasteiger charge is -2.16. The lowest BCUT2D eigenvalue weighted by atomic mass is 10.2. The Morgan fingerprint density at radius 1 is 1.07 bits per heavy atom. The normalized spacial score (nSPS) is 13.7. The molecule has 3 aromatic rings. The molecule has 1 fully saturated rings. The molecule has 6 heteroatoms. The van der Waals surface area contributed by atoms with Crippen molar-refractivity contribution >= 4 is 12.2 Å². The average molecular weight is 409 g/mol. The van der Waals surface area contributed by atoms with Gasteiger partial charge in [-0.1, -0.05) is 48.5 Å². The minimum absolute atomic E-state index is 0.561. The second-order valence-electron chi connectivity index (χ2n) is 7.72. The molecule has 0 N–H and O–H groups in total. The van der Waals surface area contributed by atoms with E-state index in [9.17, 15) is 0 Å². The number of ether oxygens (including phenoxy) is 1. The Balaban J connectivity index is 1.35. The molecular weight excluding hydrogens is 380 g/mol. The Kier molecular flexibility index (Phi) is 6.42. The van der Waals surface area contributed by atoms with Gasteiger partial charge >= 0.3 is 0 Å². The summed E-state index contributed by atoms with van der Waals surface area (Å²) in [5, 5.41) is 4.89. The van der Waals surface area contributed by atoms with E-state index in [1.807, 2.05) is 41.1 Å². The second-order valence-corrected chi connectivity index (χ2v) is 8.09. The minimum atomic E-state index is 0.561. The van der Waals surface area contributed by atoms with Crippen molar-refractivity contribution in [2.75, 3.05) is 20.2 Å². The van der Waals surface area contributed by atoms with Crippen molar-refractivity contribution in [3.8, 4) is 5.75 Å². The SMILES string of the molecule is CN(CCCOc1ccccc1)Cn1nc(C2CC2)n(Cc2ccccc2)c1=S. The molecule has 0 amide bonds. The largest absolute Gasteiger partial charge is 0.494 e. The molecule has 5 nitrogen and oxygen atoms in total. The quantitative estimate of drug-likeness (QED) is 0.360. The molecule has 152 valence electrons. The number of hydrogen-bond donors (Lipinski definition) is 0. The molecule has 1 aliphatic rings. The summed E-state index contributed by atoms with van der Waals surface area (Å²) < 4.78 is 10.8. The van der Waals surface area contributed by atoms with Crippen molar-refractivity contribution in [1.82, 2.24) is 19.2 Å². The van der Waals surface area contributed by atoms with Crippen LogP contribution in [0.3, 0.4) is 0 Å². The van der Waals surface area contributed by atoms with E-state index >= 15 is 0 Å². The molecule has 4 rings (SSSR count). The Morgan fingerprint density at radius 3 is 2.45 bits per heavy atom. The monoisotopic (exact) mass is 408 g/mol. The minimum Gasteiger partial charge on any atom is -0.494 e. The molecule has 0 atom stereocenters. The first kappa shape index (κ1) is 19.9. The van der Waals surface area contributed by atoms with Crippen molar-refractivity contribution in [1.29, 1.82) is 0 Å². The number of para-hydroxylation sites is 1. The zero-order valence-electron chi connectivity index (χ0n) is 16.9. The smallest absolute Gasteiger partial charge is 0.199 e. The zero-order chi connectivity index (χ0) is 20.1. The molecule has 29 heavy (non-hydrogen) atoms. The number of aromatic nitrogens is 3. The van der Waals surface area contributed by atoms with Gasteiger partial charge in [-0.05, 0) is 56.2 Å². The fourth-order valence-electron chi connectivity index (χ4n) is 3.45. The van der Waals surface area contributed by atoms with E-state index in [1.54, 1.807) is 0 Å². The highest BCUT2D eigenvalue weighted by Crippen LogP contribution is 2.39. The van der Waals surface area contributed by atoms with E-state index < -0.39 is 0 Å². The van der Waals surface area contributed by atoms with Crippen molar-refractivity contribution in [3.05, 3.63) is 76.8 Å². The first-order chi connectivity index (χ1) is 14.2. The van der Waals surface area contributed by atoms with Crippen LogP contribution in [-0.2, 0) is 13.2 Å². The molecule has 2 aromatic carbocycles. The van der Waals surface area contributed by atoms with Crippen molar-refractivity contribution in [2.24, 2.45) is 0 Å². The van der Waals surface area contributed by atoms with Crippen molar-refractivity contribution in [2.45, 2.75) is 38.4 Å². The van der Waals surface area contributed by atoms with Crippen LogP contribution in [0.1, 0.15) is 36.6 Å². The van der Waals surface area contributed by atoms with Gasteiger partial charge in [0.25, 0.3) is 0 Å². The highest BCUT2D eigenvalue weighted by Gasteiger charge is 2.30. The fraction of sp³-hybridized carbons (Fsp3) is 0.391. The molecule has 1 saturated carbocycles. The van der Waals surface area contributed by atoms with Gasteiger partial charge in [0.15, 0.2) is 4.77 Å². The summed E-state index contributed by atoms with van der Waals surface area (Å²) in [6.07, 6.45) is 3.39. The molecular formula is C23H28N4OS. The van der Waals surface area contributed by atoms with Crippen LogP contribution < -0.4 is 4.74 Å². The maximum absolute atomic E-state index is 5.79. The number of benzene rings is 2. The zero-order valence-corrected chi connectivity index (χ0v) is 17.7. The number of hydrogen-bond acceptors (Lipinski definition) is 4. The lowest BCUT2D eigenvalue weighted by molar-refractivity contribution is 0.221. The first-order valence-electron chi connectivity index (χ1n) is 10.3. The summed E-state index contributed by atoms with van der Waals surface area (Å²) in [6, 6.07) is 20.4. The summed E-state index contributed by atoms with van der Waals surface area (Å²) in [4.78, 5) is 2.25. The maximum Gasteiger partial charge on any atom is 0.199 e. The van der Waals surface area contributed by atoms with Gasteiger partial charge in [0.1, 0.15) is 11.6 Å². The van der Waals surface area contributed by atoms with E-state index in [0.29, 0.717) is 19.2 Å². The van der Waals surface area contributed by atoms with Crippen LogP contribution in [0.2, 0.25) is 0 Å². The summed E-state index contributed by atoms with van der Waals surface area (Å²) in [6.45, 7) is 3.13. The topological polar surface area (TPSA) is 35.2 Å². The Morgan fingerprint density at radius 2 is 1.76 bits per heavy atom. The summed E-state index contributed by atoms with van der Waals surface area (Å²) >= 11 is 5.79. The predicted molar refractivity (Wildman–Crippen MR) is 118 cm³/mol. The molecule has 0 spiro atoms. The molecule has 0 aliphatic heterocycles. The molecule has 0 unspecified atom stereocenters. The molecule has 0 bridgehead atoms. The van der Waals surface area contributed by atoms with Crippen LogP contribution in [-0.4, -0.2) is 39.4 Å². The van der Waals surface area contributed by atoms with Gasteiger partial charge in [-0.25, -0.2) is 4.68 Å². The van der Waals surface area contributed by atoms with Crippen LogP contribution >= 0.6 is 12.2 Å². The summed E-state index contributed by atoms with van der Waals surface area (Å²) in [5.74, 6) is 2.62. The number of rotatable bonds is 10. The maximum atomic E-state index is 5.79. The van der Waals surface area contributed by atoms with Crippen LogP contribution in [0.25, 0.3) is 0 Å². The molecule has 1 aliphatic carbocycles.